The van der Waals surface area contributed by atoms with Crippen LogP contribution in [-0.4, -0.2) is 138 Å². The monoisotopic (exact) mass is 1120 g/mol. The summed E-state index contributed by atoms with van der Waals surface area (Å²) in [6.07, 6.45) is -0.441. The Labute approximate surface area is 447 Å². The van der Waals surface area contributed by atoms with E-state index in [9.17, 15) is 40.9 Å². The average molecular weight is 1120 g/mol. The van der Waals surface area contributed by atoms with Gasteiger partial charge < -0.3 is 69.8 Å². The van der Waals surface area contributed by atoms with Crippen LogP contribution < -0.4 is 18.9 Å². The second kappa shape index (κ2) is 24.0. The van der Waals surface area contributed by atoms with Crippen LogP contribution >= 0.6 is 0 Å². The molecule has 0 spiro atoms. The van der Waals surface area contributed by atoms with Crippen molar-refractivity contribution in [2.24, 2.45) is 0 Å². The third kappa shape index (κ3) is 11.7. The van der Waals surface area contributed by atoms with E-state index in [4.69, 9.17) is 28.9 Å². The van der Waals surface area contributed by atoms with Crippen molar-refractivity contribution in [3.8, 4) is 67.5 Å². The number of H-pyrrole nitrogens is 2. The second-order valence-corrected chi connectivity index (χ2v) is 18.2. The van der Waals surface area contributed by atoms with Gasteiger partial charge in [0, 0.05) is 44.3 Å². The molecule has 7 aromatic rings. The Kier molecular flexibility index (Phi) is 17.0. The van der Waals surface area contributed by atoms with Crippen LogP contribution in [0.3, 0.4) is 0 Å². The lowest BCUT2D eigenvalue weighted by Crippen LogP contribution is -2.22. The molecule has 418 valence electrons. The molecule has 80 heavy (non-hydrogen) atoms. The maximum Gasteiger partial charge on any atom is 0.190 e. The first-order valence-corrected chi connectivity index (χ1v) is 24.2. The highest BCUT2D eigenvalue weighted by molar-refractivity contribution is 6.00. The number of ether oxygens (including phenoxy) is 4. The number of nitrogens with zero attached hydrogens (tertiary/aromatic N) is 2. The van der Waals surface area contributed by atoms with Crippen molar-refractivity contribution in [1.82, 2.24) is 19.9 Å². The summed E-state index contributed by atoms with van der Waals surface area (Å²) in [7, 11) is 0. The van der Waals surface area contributed by atoms with Crippen LogP contribution in [-0.2, 0) is 0 Å². The van der Waals surface area contributed by atoms with Crippen molar-refractivity contribution in [2.75, 3.05) is 52.9 Å². The van der Waals surface area contributed by atoms with E-state index in [0.29, 0.717) is 0 Å². The number of halogens is 8. The van der Waals surface area contributed by atoms with Crippen molar-refractivity contribution < 1.29 is 94.9 Å². The van der Waals surface area contributed by atoms with Gasteiger partial charge in [0.05, 0.1) is 49.2 Å². The minimum atomic E-state index is -1.50. The Morgan fingerprint density at radius 2 is 0.525 bits per heavy atom. The molecule has 0 aliphatic carbocycles. The number of benzene rings is 4. The van der Waals surface area contributed by atoms with Crippen molar-refractivity contribution in [2.45, 2.75) is 24.4 Å². The zero-order chi connectivity index (χ0) is 57.1. The number of aromatic nitrogens is 4. The number of hydrogen-bond acceptors (Lipinski definition) is 14. The van der Waals surface area contributed by atoms with Crippen LogP contribution in [0.1, 0.15) is 22.8 Å². The maximum absolute atomic E-state index is 16.1. The summed E-state index contributed by atoms with van der Waals surface area (Å²) in [4.78, 5) is 15.9. The molecule has 24 heteroatoms. The summed E-state index contributed by atoms with van der Waals surface area (Å²) in [5.41, 5.74) is -1.16. The maximum atomic E-state index is 16.1. The van der Waals surface area contributed by atoms with Gasteiger partial charge in [0.1, 0.15) is 50.8 Å². The fourth-order valence-electron chi connectivity index (χ4n) is 8.72. The van der Waals surface area contributed by atoms with Gasteiger partial charge in [0.15, 0.2) is 69.5 Å². The molecule has 4 unspecified atom stereocenters. The zero-order valence-corrected chi connectivity index (χ0v) is 41.3. The normalized spacial score (nSPS) is 13.6. The third-order valence-corrected chi connectivity index (χ3v) is 12.4. The first kappa shape index (κ1) is 56.5. The summed E-state index contributed by atoms with van der Waals surface area (Å²) in [5.74, 6) is -13.9. The molecule has 3 aromatic heterocycles. The molecule has 5 heterocycles. The van der Waals surface area contributed by atoms with Crippen LogP contribution in [0.25, 0.3) is 90.9 Å². The van der Waals surface area contributed by atoms with Crippen LogP contribution in [0.15, 0.2) is 72.8 Å². The SMILES string of the molecule is OCC(O)COc1c(F)cc(-c2c3nc(c(-c4cc(F)c(OCC(O)CO)c(F)c4)c4ccc([nH]4)c(-c4cc(F)c(OCC(O)CO)c(F)c4)c4nc(c(-c5cc(F)c(OCC(O)CO)c(F)c5)c5ccc2[nH]5)C=C4)C=C3)cc1F. The number of aliphatic hydroxyl groups excluding tert-OH is 8. The van der Waals surface area contributed by atoms with Gasteiger partial charge in [-0.2, -0.15) is 0 Å². The largest absolute Gasteiger partial charge is 0.485 e. The highest BCUT2D eigenvalue weighted by atomic mass is 19.2. The van der Waals surface area contributed by atoms with E-state index >= 15 is 35.1 Å². The number of rotatable bonds is 20. The van der Waals surface area contributed by atoms with Crippen molar-refractivity contribution in [3.05, 3.63) is 142 Å². The van der Waals surface area contributed by atoms with Gasteiger partial charge in [-0.05, 0) is 119 Å². The molecule has 16 nitrogen and oxygen atoms in total. The lowest BCUT2D eigenvalue weighted by Gasteiger charge is -2.14. The minimum absolute atomic E-state index is 0.0301. The summed E-state index contributed by atoms with van der Waals surface area (Å²) in [6, 6.07) is 12.7. The molecule has 0 amide bonds. The van der Waals surface area contributed by atoms with E-state index in [0.717, 1.165) is 48.5 Å². The molecule has 10 N–H and O–H groups in total. The van der Waals surface area contributed by atoms with Gasteiger partial charge in [0.2, 0.25) is 0 Å². The predicted octanol–water partition coefficient (Wildman–Crippen LogP) is 7.36. The van der Waals surface area contributed by atoms with Gasteiger partial charge in [-0.15, -0.1) is 0 Å². The van der Waals surface area contributed by atoms with Gasteiger partial charge >= 0.3 is 0 Å². The van der Waals surface area contributed by atoms with Crippen LogP contribution in [0.2, 0.25) is 0 Å². The molecule has 4 atom stereocenters. The lowest BCUT2D eigenvalue weighted by atomic mass is 10.0. The van der Waals surface area contributed by atoms with E-state index in [-0.39, 0.29) is 89.4 Å². The summed E-state index contributed by atoms with van der Waals surface area (Å²) < 4.78 is 149. The quantitative estimate of drug-likeness (QED) is 0.0335. The highest BCUT2D eigenvalue weighted by Crippen LogP contribution is 2.42. The van der Waals surface area contributed by atoms with Crippen LogP contribution in [0, 0.1) is 46.5 Å². The first-order valence-electron chi connectivity index (χ1n) is 24.2. The van der Waals surface area contributed by atoms with E-state index in [1.54, 1.807) is 0 Å². The summed E-state index contributed by atoms with van der Waals surface area (Å²) >= 11 is 0. The van der Waals surface area contributed by atoms with Crippen molar-refractivity contribution >= 4 is 46.4 Å². The Hall–Kier alpha value is -8.20. The van der Waals surface area contributed by atoms with Crippen LogP contribution in [0.4, 0.5) is 35.1 Å². The summed E-state index contributed by atoms with van der Waals surface area (Å²) in [6.45, 7) is -5.96. The van der Waals surface area contributed by atoms with Gasteiger partial charge in [0.25, 0.3) is 0 Å². The van der Waals surface area contributed by atoms with E-state index in [1.165, 1.54) is 48.6 Å². The van der Waals surface area contributed by atoms with E-state index in [1.807, 2.05) is 0 Å². The molecule has 0 saturated carbocycles. The van der Waals surface area contributed by atoms with Gasteiger partial charge in [-0.1, -0.05) is 0 Å². The lowest BCUT2D eigenvalue weighted by molar-refractivity contribution is 0.0509. The van der Waals surface area contributed by atoms with Gasteiger partial charge in [-0.25, -0.2) is 45.1 Å². The van der Waals surface area contributed by atoms with E-state index in [2.05, 4.69) is 9.97 Å². The Balaban J connectivity index is 1.39. The molecular formula is C56H46F8N4O12. The minimum Gasteiger partial charge on any atom is -0.485 e. The number of aromatic amines is 2. The molecule has 4 aromatic carbocycles. The number of fused-ring (bicyclic) bond motifs is 8. The van der Waals surface area contributed by atoms with Gasteiger partial charge in [-0.3, -0.25) is 0 Å². The Bertz CT molecular complexity index is 3180. The number of aliphatic hydroxyl groups is 8. The molecule has 0 radical (unpaired) electrons. The van der Waals surface area contributed by atoms with Crippen molar-refractivity contribution in [1.29, 1.82) is 0 Å². The first-order chi connectivity index (χ1) is 38.4. The molecular weight excluding hydrogens is 1070 g/mol. The Morgan fingerprint density at radius 3 is 0.700 bits per heavy atom. The Morgan fingerprint density at radius 1 is 0.338 bits per heavy atom. The summed E-state index contributed by atoms with van der Waals surface area (Å²) in [5, 5.41) is 76.6. The molecule has 9 rings (SSSR count). The van der Waals surface area contributed by atoms with E-state index < -0.39 is 147 Å². The smallest absolute Gasteiger partial charge is 0.190 e. The standard InChI is InChI=1S/C56H46F8N4O12/c57-33-9-25(10-34(58)53(33)77-21-29(73)17-69)49-41-1-2-42(65-41)50(26-11-35(59)54(36(60)12-26)78-22-30(74)18-70)44-5-6-46(67-44)52(28-15-39(63)56(40(64)16-28)80-24-32(76)20-72)48-8-7-47(68-48)51(45-4-3-43(49)66-45)27-13-37(61)55(38(62)14-27)79-23-31(75)19-71/h1-16,29-32,65,68-76H,17-24H2. The zero-order valence-electron chi connectivity index (χ0n) is 41.3. The number of hydrogen-bond donors (Lipinski definition) is 10. The average Bonchev–Trinajstić information content (AvgIpc) is 4.39. The molecule has 2 aliphatic heterocycles. The molecule has 8 bridgehead atoms. The third-order valence-electron chi connectivity index (χ3n) is 12.4. The molecule has 0 fully saturated rings. The van der Waals surface area contributed by atoms with Crippen molar-refractivity contribution in [3.63, 3.8) is 0 Å². The highest BCUT2D eigenvalue weighted by Gasteiger charge is 2.26. The fourth-order valence-corrected chi connectivity index (χ4v) is 8.72. The second-order valence-electron chi connectivity index (χ2n) is 18.2. The topological polar surface area (TPSA) is 256 Å². The van der Waals surface area contributed by atoms with Crippen LogP contribution in [0.5, 0.6) is 23.0 Å². The fraction of sp³-hybridized carbons (Fsp3) is 0.214. The molecule has 2 aliphatic rings. The number of nitrogens with one attached hydrogen (secondary N) is 2. The molecule has 0 saturated heterocycles. The predicted molar refractivity (Wildman–Crippen MR) is 275 cm³/mol.